The van der Waals surface area contributed by atoms with Crippen molar-refractivity contribution in [2.24, 2.45) is 5.92 Å². The zero-order chi connectivity index (χ0) is 20.5. The maximum absolute atomic E-state index is 12.0. The number of aliphatic hydroxyl groups is 1. The number of nitrogens with zero attached hydrogens (tertiary/aromatic N) is 2. The molecule has 0 spiro atoms. The lowest BCUT2D eigenvalue weighted by Gasteiger charge is -2.17. The van der Waals surface area contributed by atoms with Crippen LogP contribution in [0.3, 0.4) is 0 Å². The van der Waals surface area contributed by atoms with Crippen molar-refractivity contribution in [3.8, 4) is 11.1 Å². The van der Waals surface area contributed by atoms with Crippen LogP contribution in [-0.2, 0) is 17.9 Å². The van der Waals surface area contributed by atoms with Gasteiger partial charge in [-0.3, -0.25) is 9.69 Å². The molecule has 0 unspecified atom stereocenters. The van der Waals surface area contributed by atoms with E-state index in [9.17, 15) is 14.7 Å². The predicted molar refractivity (Wildman–Crippen MR) is 112 cm³/mol. The molecular formula is C22H26N4O3. The van der Waals surface area contributed by atoms with E-state index in [2.05, 4.69) is 5.32 Å². The van der Waals surface area contributed by atoms with E-state index in [0.717, 1.165) is 39.7 Å². The number of nitrogens with two attached hydrogens (primary N) is 1. The lowest BCUT2D eigenvalue weighted by atomic mass is 9.96. The van der Waals surface area contributed by atoms with Crippen molar-refractivity contribution in [2.75, 3.05) is 31.2 Å². The summed E-state index contributed by atoms with van der Waals surface area (Å²) in [4.78, 5) is 26.4. The van der Waals surface area contributed by atoms with Crippen molar-refractivity contribution in [1.29, 1.82) is 0 Å². The lowest BCUT2D eigenvalue weighted by Crippen LogP contribution is -2.29. The third-order valence-corrected chi connectivity index (χ3v) is 5.69. The summed E-state index contributed by atoms with van der Waals surface area (Å²) < 4.78 is 0. The number of benzene rings is 2. The van der Waals surface area contributed by atoms with Gasteiger partial charge in [-0.1, -0.05) is 30.3 Å². The molecular weight excluding hydrogens is 368 g/mol. The Bertz CT molecular complexity index is 938. The third-order valence-electron chi connectivity index (χ3n) is 5.69. The summed E-state index contributed by atoms with van der Waals surface area (Å²) >= 11 is 0. The van der Waals surface area contributed by atoms with Gasteiger partial charge in [-0.25, -0.2) is 4.79 Å². The second kappa shape index (κ2) is 7.75. The van der Waals surface area contributed by atoms with Gasteiger partial charge in [0.1, 0.15) is 6.54 Å². The number of aliphatic hydroxyl groups excluding tert-OH is 1. The number of nitrogen functional groups attached to an aromatic ring is 1. The summed E-state index contributed by atoms with van der Waals surface area (Å²) in [6.45, 7) is 1.26. The second-order valence-electron chi connectivity index (χ2n) is 7.82. The zero-order valence-electron chi connectivity index (χ0n) is 16.5. The summed E-state index contributed by atoms with van der Waals surface area (Å²) in [5.41, 5.74) is 11.2. The number of nitrogens with one attached hydrogen (secondary N) is 1. The number of carbonyl (C=O) groups is 2. The van der Waals surface area contributed by atoms with E-state index >= 15 is 0 Å². The molecule has 4 N–H and O–H groups in total. The highest BCUT2D eigenvalue weighted by Crippen LogP contribution is 2.35. The molecule has 7 nitrogen and oxygen atoms in total. The number of hydrogen-bond donors (Lipinski definition) is 3. The molecule has 1 aliphatic carbocycles. The first-order valence-electron chi connectivity index (χ1n) is 9.88. The molecule has 3 amide bonds. The number of likely N-dealkylation sites (N-methyl/N-ethyl adjacent to an activating group) is 1. The molecule has 1 aliphatic heterocycles. The minimum absolute atomic E-state index is 0.109. The molecule has 0 atom stereocenters. The minimum Gasteiger partial charge on any atom is -0.397 e. The molecule has 1 saturated carbocycles. The van der Waals surface area contributed by atoms with Crippen molar-refractivity contribution in [2.45, 2.75) is 26.0 Å². The molecule has 4 rings (SSSR count). The predicted octanol–water partition coefficient (Wildman–Crippen LogP) is 2.64. The zero-order valence-corrected chi connectivity index (χ0v) is 16.5. The summed E-state index contributed by atoms with van der Waals surface area (Å²) in [7, 11) is 1.50. The maximum Gasteiger partial charge on any atom is 0.327 e. The summed E-state index contributed by atoms with van der Waals surface area (Å²) in [6, 6.07) is 11.4. The molecule has 0 bridgehead atoms. The van der Waals surface area contributed by atoms with Crippen molar-refractivity contribution in [1.82, 2.24) is 9.80 Å². The van der Waals surface area contributed by atoms with Gasteiger partial charge in [-0.2, -0.15) is 0 Å². The quantitative estimate of drug-likeness (QED) is 0.495. The van der Waals surface area contributed by atoms with Gasteiger partial charge >= 0.3 is 6.03 Å². The number of urea groups is 1. The largest absolute Gasteiger partial charge is 0.397 e. The Morgan fingerprint density at radius 2 is 1.86 bits per heavy atom. The SMILES string of the molecule is CN1C(=O)CN(Cc2ccc(-c3ccc(NCC4CC4)c(N)c3CO)cc2)C1=O. The summed E-state index contributed by atoms with van der Waals surface area (Å²) in [5, 5.41) is 13.3. The van der Waals surface area contributed by atoms with Crippen molar-refractivity contribution >= 4 is 23.3 Å². The van der Waals surface area contributed by atoms with E-state index in [0.29, 0.717) is 17.8 Å². The summed E-state index contributed by atoms with van der Waals surface area (Å²) in [6.07, 6.45) is 2.52. The van der Waals surface area contributed by atoms with E-state index in [1.165, 1.54) is 24.8 Å². The fourth-order valence-electron chi connectivity index (χ4n) is 3.63. The highest BCUT2D eigenvalue weighted by Gasteiger charge is 2.32. The number of hydrogen-bond acceptors (Lipinski definition) is 5. The molecule has 1 saturated heterocycles. The first kappa shape index (κ1) is 19.3. The Hall–Kier alpha value is -3.06. The van der Waals surface area contributed by atoms with Crippen LogP contribution >= 0.6 is 0 Å². The molecule has 0 radical (unpaired) electrons. The van der Waals surface area contributed by atoms with Crippen LogP contribution in [0.25, 0.3) is 11.1 Å². The highest BCUT2D eigenvalue weighted by atomic mass is 16.3. The number of amides is 3. The Morgan fingerprint density at radius 1 is 1.14 bits per heavy atom. The average Bonchev–Trinajstić information content (AvgIpc) is 3.52. The van der Waals surface area contributed by atoms with Crippen LogP contribution < -0.4 is 11.1 Å². The smallest absolute Gasteiger partial charge is 0.327 e. The Balaban J connectivity index is 1.51. The Kier molecular flexibility index (Phi) is 5.15. The van der Waals surface area contributed by atoms with Gasteiger partial charge < -0.3 is 21.1 Å². The van der Waals surface area contributed by atoms with E-state index < -0.39 is 0 Å². The minimum atomic E-state index is -0.274. The van der Waals surface area contributed by atoms with Crippen LogP contribution in [0, 0.1) is 5.92 Å². The van der Waals surface area contributed by atoms with Crippen LogP contribution in [0.4, 0.5) is 16.2 Å². The van der Waals surface area contributed by atoms with Crippen molar-refractivity contribution < 1.29 is 14.7 Å². The van der Waals surface area contributed by atoms with Crippen molar-refractivity contribution in [3.63, 3.8) is 0 Å². The maximum atomic E-state index is 12.0. The molecule has 152 valence electrons. The standard InChI is InChI=1S/C22H26N4O3/c1-25-20(28)12-26(22(25)29)11-15-4-6-16(7-5-15)17-8-9-19(21(23)18(17)13-27)24-10-14-2-3-14/h4-9,14,24,27H,2-3,10-13,23H2,1H3. The fraction of sp³-hybridized carbons (Fsp3) is 0.364. The molecule has 29 heavy (non-hydrogen) atoms. The number of imide groups is 1. The van der Waals surface area contributed by atoms with Crippen LogP contribution in [-0.4, -0.2) is 47.0 Å². The van der Waals surface area contributed by atoms with Gasteiger partial charge in [-0.15, -0.1) is 0 Å². The molecule has 2 aromatic rings. The topological polar surface area (TPSA) is 98.9 Å². The highest BCUT2D eigenvalue weighted by molar-refractivity contribution is 6.01. The van der Waals surface area contributed by atoms with Crippen molar-refractivity contribution in [3.05, 3.63) is 47.5 Å². The molecule has 2 aliphatic rings. The van der Waals surface area contributed by atoms with Gasteiger partial charge in [0.05, 0.1) is 18.0 Å². The lowest BCUT2D eigenvalue weighted by molar-refractivity contribution is -0.124. The van der Waals surface area contributed by atoms with Gasteiger partial charge in [0, 0.05) is 25.7 Å². The number of carbonyl (C=O) groups excluding carboxylic acids is 2. The Morgan fingerprint density at radius 3 is 2.45 bits per heavy atom. The Labute approximate surface area is 170 Å². The third kappa shape index (κ3) is 3.91. The number of anilines is 2. The molecule has 2 aromatic carbocycles. The number of rotatable bonds is 7. The first-order valence-corrected chi connectivity index (χ1v) is 9.88. The molecule has 7 heteroatoms. The van der Waals surface area contributed by atoms with Gasteiger partial charge in [-0.05, 0) is 41.5 Å². The van der Waals surface area contributed by atoms with Crippen LogP contribution in [0.5, 0.6) is 0 Å². The monoisotopic (exact) mass is 394 g/mol. The van der Waals surface area contributed by atoms with Crippen LogP contribution in [0.15, 0.2) is 36.4 Å². The molecule has 2 fully saturated rings. The van der Waals surface area contributed by atoms with E-state index in [-0.39, 0.29) is 25.1 Å². The normalized spacial score (nSPS) is 16.6. The van der Waals surface area contributed by atoms with Crippen LogP contribution in [0.1, 0.15) is 24.0 Å². The van der Waals surface area contributed by atoms with Gasteiger partial charge in [0.15, 0.2) is 0 Å². The van der Waals surface area contributed by atoms with E-state index in [1.54, 1.807) is 0 Å². The van der Waals surface area contributed by atoms with Gasteiger partial charge in [0.25, 0.3) is 0 Å². The van der Waals surface area contributed by atoms with Gasteiger partial charge in [0.2, 0.25) is 5.91 Å². The molecule has 1 heterocycles. The first-order chi connectivity index (χ1) is 14.0. The van der Waals surface area contributed by atoms with E-state index in [1.807, 2.05) is 36.4 Å². The second-order valence-corrected chi connectivity index (χ2v) is 7.82. The average molecular weight is 394 g/mol. The fourth-order valence-corrected chi connectivity index (χ4v) is 3.63. The summed E-state index contributed by atoms with van der Waals surface area (Å²) in [5.74, 6) is 0.543. The van der Waals surface area contributed by atoms with E-state index in [4.69, 9.17) is 5.73 Å². The van der Waals surface area contributed by atoms with Crippen LogP contribution in [0.2, 0.25) is 0 Å². The molecule has 0 aromatic heterocycles.